The van der Waals surface area contributed by atoms with Crippen LogP contribution in [0.25, 0.3) is 0 Å². The van der Waals surface area contributed by atoms with E-state index in [4.69, 9.17) is 9.84 Å². The highest BCUT2D eigenvalue weighted by Gasteiger charge is 2.53. The van der Waals surface area contributed by atoms with E-state index in [0.717, 1.165) is 25.7 Å². The van der Waals surface area contributed by atoms with Gasteiger partial charge in [0, 0.05) is 7.05 Å². The molecule has 0 unspecified atom stereocenters. The first-order valence-corrected chi connectivity index (χ1v) is 4.70. The van der Waals surface area contributed by atoms with Crippen LogP contribution in [0.3, 0.4) is 0 Å². The Bertz CT molecular complexity index is 215. The van der Waals surface area contributed by atoms with Crippen LogP contribution in [-0.4, -0.2) is 30.5 Å². The van der Waals surface area contributed by atoms with Gasteiger partial charge in [-0.2, -0.15) is 0 Å². The molecule has 4 heteroatoms. The van der Waals surface area contributed by atoms with Gasteiger partial charge in [0.05, 0.1) is 6.10 Å². The number of hydrogen-bond donors (Lipinski definition) is 2. The molecule has 2 aliphatic rings. The maximum absolute atomic E-state index is 10.8. The minimum Gasteiger partial charge on any atom is -0.446 e. The van der Waals surface area contributed by atoms with Gasteiger partial charge in [0.1, 0.15) is 6.10 Å². The van der Waals surface area contributed by atoms with Gasteiger partial charge in [-0.25, -0.2) is 4.79 Å². The summed E-state index contributed by atoms with van der Waals surface area (Å²) < 4.78 is 5.07. The third-order valence-electron chi connectivity index (χ3n) is 3.14. The van der Waals surface area contributed by atoms with E-state index in [1.54, 1.807) is 7.05 Å². The molecule has 2 aliphatic carbocycles. The number of carbonyl (C=O) groups is 1. The van der Waals surface area contributed by atoms with E-state index in [1.165, 1.54) is 0 Å². The maximum atomic E-state index is 10.8. The van der Waals surface area contributed by atoms with Gasteiger partial charge in [-0.15, -0.1) is 0 Å². The van der Waals surface area contributed by atoms with Crippen molar-refractivity contribution in [3.63, 3.8) is 0 Å². The molecular formula is C9H15NO3. The normalized spacial score (nSPS) is 42.0. The van der Waals surface area contributed by atoms with Crippen molar-refractivity contribution in [1.82, 2.24) is 5.32 Å². The average Bonchev–Trinajstić information content (AvgIpc) is 1.97. The Morgan fingerprint density at radius 2 is 2.08 bits per heavy atom. The van der Waals surface area contributed by atoms with Gasteiger partial charge in [-0.3, -0.25) is 0 Å². The van der Waals surface area contributed by atoms with Gasteiger partial charge in [-0.05, 0) is 31.1 Å². The molecule has 2 saturated carbocycles. The molecule has 2 fully saturated rings. The lowest BCUT2D eigenvalue weighted by Gasteiger charge is -2.55. The minimum absolute atomic E-state index is 0.0763. The number of ether oxygens (including phenoxy) is 1. The zero-order valence-electron chi connectivity index (χ0n) is 7.75. The lowest BCUT2D eigenvalue weighted by Crippen LogP contribution is -2.53. The fraction of sp³-hybridized carbons (Fsp3) is 0.889. The van der Waals surface area contributed by atoms with Crippen LogP contribution < -0.4 is 5.32 Å². The summed E-state index contributed by atoms with van der Waals surface area (Å²) in [6, 6.07) is 0. The Kier molecular flexibility index (Phi) is 1.95. The lowest BCUT2D eigenvalue weighted by molar-refractivity contribution is -0.140. The van der Waals surface area contributed by atoms with Crippen molar-refractivity contribution >= 4 is 6.09 Å². The van der Waals surface area contributed by atoms with E-state index in [2.05, 4.69) is 5.32 Å². The topological polar surface area (TPSA) is 58.6 Å². The van der Waals surface area contributed by atoms with E-state index in [1.807, 2.05) is 0 Å². The van der Waals surface area contributed by atoms with Gasteiger partial charge in [0.15, 0.2) is 0 Å². The number of aliphatic hydroxyl groups is 1. The molecule has 0 aliphatic heterocycles. The van der Waals surface area contributed by atoms with Crippen LogP contribution >= 0.6 is 0 Å². The second-order valence-corrected chi connectivity index (χ2v) is 4.25. The molecule has 1 amide bonds. The Morgan fingerprint density at radius 1 is 1.46 bits per heavy atom. The number of amides is 1. The summed E-state index contributed by atoms with van der Waals surface area (Å²) in [5.74, 6) is 0. The van der Waals surface area contributed by atoms with Crippen LogP contribution in [0.1, 0.15) is 25.7 Å². The molecule has 1 spiro atoms. The Labute approximate surface area is 77.3 Å². The maximum Gasteiger partial charge on any atom is 0.407 e. The molecule has 74 valence electrons. The molecule has 0 aromatic heterocycles. The van der Waals surface area contributed by atoms with Crippen LogP contribution in [0.15, 0.2) is 0 Å². The number of aliphatic hydroxyl groups excluding tert-OH is 1. The molecule has 0 aromatic carbocycles. The lowest BCUT2D eigenvalue weighted by atomic mass is 9.53. The summed E-state index contributed by atoms with van der Waals surface area (Å²) in [6.07, 6.45) is 3.25. The van der Waals surface area contributed by atoms with E-state index in [-0.39, 0.29) is 18.3 Å². The monoisotopic (exact) mass is 185 g/mol. The zero-order chi connectivity index (χ0) is 9.47. The van der Waals surface area contributed by atoms with Crippen molar-refractivity contribution in [2.24, 2.45) is 5.41 Å². The Hall–Kier alpha value is -0.770. The van der Waals surface area contributed by atoms with Crippen molar-refractivity contribution in [3.8, 4) is 0 Å². The Morgan fingerprint density at radius 3 is 2.54 bits per heavy atom. The number of hydrogen-bond acceptors (Lipinski definition) is 3. The molecule has 13 heavy (non-hydrogen) atoms. The van der Waals surface area contributed by atoms with Crippen molar-refractivity contribution in [2.45, 2.75) is 37.9 Å². The highest BCUT2D eigenvalue weighted by atomic mass is 16.6. The Balaban J connectivity index is 1.70. The summed E-state index contributed by atoms with van der Waals surface area (Å²) >= 11 is 0. The summed E-state index contributed by atoms with van der Waals surface area (Å²) in [5.41, 5.74) is 0.318. The van der Waals surface area contributed by atoms with Crippen LogP contribution in [0.4, 0.5) is 4.79 Å². The molecular weight excluding hydrogens is 170 g/mol. The first-order valence-electron chi connectivity index (χ1n) is 4.70. The highest BCUT2D eigenvalue weighted by molar-refractivity contribution is 5.67. The second kappa shape index (κ2) is 2.87. The van der Waals surface area contributed by atoms with Gasteiger partial charge < -0.3 is 15.2 Å². The van der Waals surface area contributed by atoms with Crippen molar-refractivity contribution in [2.75, 3.05) is 7.05 Å². The standard InChI is InChI=1S/C9H15NO3/c1-10-8(12)13-7-4-9(5-7)2-6(11)3-9/h6-7,11H,2-5H2,1H3,(H,10,12). The summed E-state index contributed by atoms with van der Waals surface area (Å²) in [7, 11) is 1.56. The largest absolute Gasteiger partial charge is 0.446 e. The van der Waals surface area contributed by atoms with E-state index < -0.39 is 0 Å². The smallest absolute Gasteiger partial charge is 0.407 e. The van der Waals surface area contributed by atoms with E-state index in [9.17, 15) is 4.79 Å². The predicted octanol–water partition coefficient (Wildman–Crippen LogP) is 0.646. The SMILES string of the molecule is CNC(=O)OC1CC2(CC(O)C2)C1. The van der Waals surface area contributed by atoms with Crippen LogP contribution in [0.5, 0.6) is 0 Å². The molecule has 0 heterocycles. The fourth-order valence-electron chi connectivity index (χ4n) is 2.47. The summed E-state index contributed by atoms with van der Waals surface area (Å²) in [4.78, 5) is 10.8. The molecule has 0 saturated heterocycles. The molecule has 0 radical (unpaired) electrons. The summed E-state index contributed by atoms with van der Waals surface area (Å²) in [5, 5.41) is 11.6. The summed E-state index contributed by atoms with van der Waals surface area (Å²) in [6.45, 7) is 0. The van der Waals surface area contributed by atoms with Gasteiger partial charge in [0.25, 0.3) is 0 Å². The quantitative estimate of drug-likeness (QED) is 0.630. The number of carbonyl (C=O) groups excluding carboxylic acids is 1. The molecule has 2 N–H and O–H groups in total. The fourth-order valence-corrected chi connectivity index (χ4v) is 2.47. The molecule has 2 rings (SSSR count). The van der Waals surface area contributed by atoms with Crippen molar-refractivity contribution < 1.29 is 14.6 Å². The van der Waals surface area contributed by atoms with Gasteiger partial charge in [-0.1, -0.05) is 0 Å². The van der Waals surface area contributed by atoms with E-state index >= 15 is 0 Å². The minimum atomic E-state index is -0.347. The van der Waals surface area contributed by atoms with Crippen LogP contribution in [0, 0.1) is 5.41 Å². The predicted molar refractivity (Wildman–Crippen MR) is 46.2 cm³/mol. The number of nitrogens with one attached hydrogen (secondary N) is 1. The average molecular weight is 185 g/mol. The van der Waals surface area contributed by atoms with E-state index in [0.29, 0.717) is 5.41 Å². The number of rotatable bonds is 1. The highest BCUT2D eigenvalue weighted by Crippen LogP contribution is 2.56. The van der Waals surface area contributed by atoms with Crippen molar-refractivity contribution in [3.05, 3.63) is 0 Å². The van der Waals surface area contributed by atoms with Gasteiger partial charge in [0.2, 0.25) is 0 Å². The van der Waals surface area contributed by atoms with Crippen LogP contribution in [-0.2, 0) is 4.74 Å². The third kappa shape index (κ3) is 1.50. The molecule has 0 aromatic rings. The number of alkyl carbamates (subject to hydrolysis) is 1. The first-order chi connectivity index (χ1) is 6.13. The van der Waals surface area contributed by atoms with Crippen LogP contribution in [0.2, 0.25) is 0 Å². The molecule has 0 bridgehead atoms. The molecule has 4 nitrogen and oxygen atoms in total. The second-order valence-electron chi connectivity index (χ2n) is 4.25. The van der Waals surface area contributed by atoms with Crippen molar-refractivity contribution in [1.29, 1.82) is 0 Å². The van der Waals surface area contributed by atoms with Gasteiger partial charge >= 0.3 is 6.09 Å². The third-order valence-corrected chi connectivity index (χ3v) is 3.14. The zero-order valence-corrected chi connectivity index (χ0v) is 7.75. The molecule has 0 atom stereocenters. The first kappa shape index (κ1) is 8.81.